The van der Waals surface area contributed by atoms with Crippen molar-refractivity contribution in [3.8, 4) is 11.5 Å². The summed E-state index contributed by atoms with van der Waals surface area (Å²) >= 11 is 0. The van der Waals surface area contributed by atoms with Gasteiger partial charge in [-0.3, -0.25) is 9.67 Å². The molecule has 9 heteroatoms. The quantitative estimate of drug-likeness (QED) is 0.256. The molecule has 33 heavy (non-hydrogen) atoms. The number of anilines is 1. The number of fused-ring (bicyclic) bond motifs is 1. The van der Waals surface area contributed by atoms with Crippen LogP contribution < -0.4 is 20.1 Å². The van der Waals surface area contributed by atoms with Gasteiger partial charge in [0.2, 0.25) is 0 Å². The number of aromatic nitrogens is 2. The first-order valence-corrected chi connectivity index (χ1v) is 10.8. The zero-order valence-electron chi connectivity index (χ0n) is 18.6. The number of halogens is 2. The van der Waals surface area contributed by atoms with E-state index in [9.17, 15) is 4.39 Å². The molecule has 7 nitrogen and oxygen atoms in total. The van der Waals surface area contributed by atoms with E-state index in [1.807, 2.05) is 43.7 Å². The van der Waals surface area contributed by atoms with Crippen molar-refractivity contribution in [1.82, 2.24) is 15.1 Å². The minimum absolute atomic E-state index is 0. The van der Waals surface area contributed by atoms with Gasteiger partial charge in [0.05, 0.1) is 19.4 Å². The molecule has 0 amide bonds. The SMILES string of the molecule is Cn1cc(CCNC(=NCCc2ccccc2F)Nc2ccc3c(c2)OCCCO3)cn1.I. The third kappa shape index (κ3) is 7.34. The molecule has 176 valence electrons. The van der Waals surface area contributed by atoms with Gasteiger partial charge in [0.1, 0.15) is 5.82 Å². The number of rotatable bonds is 7. The van der Waals surface area contributed by atoms with Crippen molar-refractivity contribution >= 4 is 35.6 Å². The molecule has 2 N–H and O–H groups in total. The van der Waals surface area contributed by atoms with Gasteiger partial charge in [0.25, 0.3) is 0 Å². The predicted octanol–water partition coefficient (Wildman–Crippen LogP) is 4.18. The molecule has 0 saturated carbocycles. The van der Waals surface area contributed by atoms with Crippen LogP contribution >= 0.6 is 24.0 Å². The lowest BCUT2D eigenvalue weighted by Crippen LogP contribution is -2.32. The largest absolute Gasteiger partial charge is 0.490 e. The van der Waals surface area contributed by atoms with Gasteiger partial charge in [-0.2, -0.15) is 5.10 Å². The third-order valence-electron chi connectivity index (χ3n) is 5.08. The number of benzene rings is 2. The second-order valence-corrected chi connectivity index (χ2v) is 7.61. The zero-order valence-corrected chi connectivity index (χ0v) is 20.9. The fourth-order valence-electron chi connectivity index (χ4n) is 3.43. The first-order chi connectivity index (χ1) is 15.7. The van der Waals surface area contributed by atoms with Gasteiger partial charge in [0, 0.05) is 44.5 Å². The highest BCUT2D eigenvalue weighted by Gasteiger charge is 2.11. The number of guanidine groups is 1. The average Bonchev–Trinajstić information content (AvgIpc) is 3.06. The highest BCUT2D eigenvalue weighted by molar-refractivity contribution is 14.0. The van der Waals surface area contributed by atoms with Crippen LogP contribution in [0.1, 0.15) is 17.5 Å². The molecule has 2 heterocycles. The fourth-order valence-corrected chi connectivity index (χ4v) is 3.43. The molecule has 0 unspecified atom stereocenters. The Morgan fingerprint density at radius 1 is 1.12 bits per heavy atom. The highest BCUT2D eigenvalue weighted by atomic mass is 127. The van der Waals surface area contributed by atoms with Crippen LogP contribution in [0.25, 0.3) is 0 Å². The summed E-state index contributed by atoms with van der Waals surface area (Å²) in [6.45, 7) is 2.41. The number of hydrogen-bond donors (Lipinski definition) is 2. The monoisotopic (exact) mass is 565 g/mol. The number of nitrogens with one attached hydrogen (secondary N) is 2. The number of hydrogen-bond acceptors (Lipinski definition) is 4. The summed E-state index contributed by atoms with van der Waals surface area (Å²) in [6, 6.07) is 12.5. The molecule has 0 aliphatic carbocycles. The molecule has 0 bridgehead atoms. The summed E-state index contributed by atoms with van der Waals surface area (Å²) in [5.41, 5.74) is 2.63. The van der Waals surface area contributed by atoms with Crippen LogP contribution in [-0.4, -0.2) is 42.0 Å². The number of aryl methyl sites for hydroxylation is 1. The molecule has 2 aromatic carbocycles. The molecule has 4 rings (SSSR count). The molecule has 0 saturated heterocycles. The molecule has 0 fully saturated rings. The van der Waals surface area contributed by atoms with Crippen molar-refractivity contribution in [2.24, 2.45) is 12.0 Å². The van der Waals surface area contributed by atoms with E-state index in [1.165, 1.54) is 6.07 Å². The number of ether oxygens (including phenoxy) is 2. The first kappa shape index (κ1) is 24.8. The Morgan fingerprint density at radius 3 is 2.73 bits per heavy atom. The van der Waals surface area contributed by atoms with Crippen LogP contribution in [0.2, 0.25) is 0 Å². The second-order valence-electron chi connectivity index (χ2n) is 7.61. The van der Waals surface area contributed by atoms with E-state index >= 15 is 0 Å². The maximum Gasteiger partial charge on any atom is 0.195 e. The Hall–Kier alpha value is -2.82. The van der Waals surface area contributed by atoms with E-state index < -0.39 is 0 Å². The van der Waals surface area contributed by atoms with Gasteiger partial charge in [-0.15, -0.1) is 24.0 Å². The second kappa shape index (κ2) is 12.4. The van der Waals surface area contributed by atoms with E-state index in [-0.39, 0.29) is 29.8 Å². The predicted molar refractivity (Wildman–Crippen MR) is 138 cm³/mol. The summed E-state index contributed by atoms with van der Waals surface area (Å²) in [7, 11) is 1.90. The fraction of sp³-hybridized carbons (Fsp3) is 0.333. The zero-order chi connectivity index (χ0) is 22.2. The van der Waals surface area contributed by atoms with E-state index in [0.29, 0.717) is 50.0 Å². The van der Waals surface area contributed by atoms with Crippen LogP contribution in [-0.2, 0) is 19.9 Å². The summed E-state index contributed by atoms with van der Waals surface area (Å²) in [4.78, 5) is 4.66. The van der Waals surface area contributed by atoms with Crippen molar-refractivity contribution < 1.29 is 13.9 Å². The topological polar surface area (TPSA) is 72.7 Å². The van der Waals surface area contributed by atoms with Gasteiger partial charge in [-0.05, 0) is 42.2 Å². The van der Waals surface area contributed by atoms with Crippen LogP contribution in [0.4, 0.5) is 10.1 Å². The van der Waals surface area contributed by atoms with Crippen LogP contribution in [0.3, 0.4) is 0 Å². The van der Waals surface area contributed by atoms with Crippen LogP contribution in [0, 0.1) is 5.82 Å². The summed E-state index contributed by atoms with van der Waals surface area (Å²) in [5.74, 6) is 1.88. The van der Waals surface area contributed by atoms with Crippen molar-refractivity contribution in [2.45, 2.75) is 19.3 Å². The minimum atomic E-state index is -0.204. The van der Waals surface area contributed by atoms with Gasteiger partial charge in [0.15, 0.2) is 17.5 Å². The van der Waals surface area contributed by atoms with Gasteiger partial charge in [-0.25, -0.2) is 4.39 Å². The Bertz CT molecular complexity index is 1070. The van der Waals surface area contributed by atoms with E-state index in [1.54, 1.807) is 16.8 Å². The maximum atomic E-state index is 13.9. The van der Waals surface area contributed by atoms with Gasteiger partial charge in [-0.1, -0.05) is 18.2 Å². The van der Waals surface area contributed by atoms with E-state index in [4.69, 9.17) is 9.47 Å². The normalized spacial score (nSPS) is 13.1. The van der Waals surface area contributed by atoms with Crippen LogP contribution in [0.5, 0.6) is 11.5 Å². The van der Waals surface area contributed by atoms with E-state index in [2.05, 4.69) is 20.7 Å². The van der Waals surface area contributed by atoms with Crippen LogP contribution in [0.15, 0.2) is 59.9 Å². The first-order valence-electron chi connectivity index (χ1n) is 10.8. The number of nitrogens with zero attached hydrogens (tertiary/aromatic N) is 3. The molecule has 0 spiro atoms. The Morgan fingerprint density at radius 2 is 1.94 bits per heavy atom. The van der Waals surface area contributed by atoms with Crippen molar-refractivity contribution in [1.29, 1.82) is 0 Å². The molecular formula is C24H29FIN5O2. The lowest BCUT2D eigenvalue weighted by Gasteiger charge is -2.14. The van der Waals surface area contributed by atoms with Gasteiger partial charge >= 0.3 is 0 Å². The Kier molecular flexibility index (Phi) is 9.35. The Labute approximate surface area is 210 Å². The summed E-state index contributed by atoms with van der Waals surface area (Å²) in [5, 5.41) is 10.9. The standard InChI is InChI=1S/C24H28FN5O2.HI/c1-30-17-18(16-28-30)9-11-26-24(27-12-10-19-5-2-3-6-21(19)25)29-20-7-8-22-23(15-20)32-14-4-13-31-22;/h2-3,5-8,15-17H,4,9-14H2,1H3,(H2,26,27,29);1H. The average molecular weight is 565 g/mol. The molecule has 3 aromatic rings. The van der Waals surface area contributed by atoms with Crippen molar-refractivity contribution in [3.63, 3.8) is 0 Å². The smallest absolute Gasteiger partial charge is 0.195 e. The highest BCUT2D eigenvalue weighted by Crippen LogP contribution is 2.32. The third-order valence-corrected chi connectivity index (χ3v) is 5.08. The molecular weight excluding hydrogens is 536 g/mol. The molecule has 1 aliphatic rings. The lowest BCUT2D eigenvalue weighted by atomic mass is 10.1. The molecule has 0 atom stereocenters. The van der Waals surface area contributed by atoms with Crippen molar-refractivity contribution in [2.75, 3.05) is 31.6 Å². The Balaban J connectivity index is 0.00000306. The molecule has 0 radical (unpaired) electrons. The lowest BCUT2D eigenvalue weighted by molar-refractivity contribution is 0.297. The number of aliphatic imine (C=N–C) groups is 1. The summed E-state index contributed by atoms with van der Waals surface area (Å²) < 4.78 is 27.2. The molecule has 1 aromatic heterocycles. The van der Waals surface area contributed by atoms with Crippen molar-refractivity contribution in [3.05, 3.63) is 71.8 Å². The van der Waals surface area contributed by atoms with Gasteiger partial charge < -0.3 is 20.1 Å². The molecule has 1 aliphatic heterocycles. The minimum Gasteiger partial charge on any atom is -0.490 e. The summed E-state index contributed by atoms with van der Waals surface area (Å²) in [6.07, 6.45) is 6.03. The van der Waals surface area contributed by atoms with E-state index in [0.717, 1.165) is 29.8 Å². The maximum absolute atomic E-state index is 13.9.